The summed E-state index contributed by atoms with van der Waals surface area (Å²) in [4.78, 5) is 12.5. The van der Waals surface area contributed by atoms with E-state index in [9.17, 15) is 4.79 Å². The Kier molecular flexibility index (Phi) is 6.97. The maximum Gasteiger partial charge on any atom is 0.234 e. The van der Waals surface area contributed by atoms with E-state index in [1.165, 1.54) is 11.8 Å². The van der Waals surface area contributed by atoms with E-state index in [0.717, 1.165) is 21.4 Å². The quantitative estimate of drug-likeness (QED) is 0.279. The molecule has 1 heterocycles. The zero-order valence-corrected chi connectivity index (χ0v) is 19.8. The van der Waals surface area contributed by atoms with Crippen LogP contribution >= 0.6 is 50.9 Å². The number of amides is 1. The minimum atomic E-state index is -0.145. The fraction of sp³-hybridized carbons (Fsp3) is 0.0455. The summed E-state index contributed by atoms with van der Waals surface area (Å²) in [5, 5.41) is 13.3. The van der Waals surface area contributed by atoms with Crippen LogP contribution in [0.3, 0.4) is 0 Å². The summed E-state index contributed by atoms with van der Waals surface area (Å²) in [5.74, 6) is 0.608. The lowest BCUT2D eigenvalue weighted by atomic mass is 10.2. The fourth-order valence-corrected chi connectivity index (χ4v) is 4.39. The van der Waals surface area contributed by atoms with Crippen molar-refractivity contribution in [2.45, 2.75) is 5.16 Å². The molecule has 0 spiro atoms. The Bertz CT molecular complexity index is 1230. The van der Waals surface area contributed by atoms with E-state index in [0.29, 0.717) is 21.0 Å². The molecule has 0 bridgehead atoms. The number of thioether (sulfide) groups is 1. The van der Waals surface area contributed by atoms with Gasteiger partial charge < -0.3 is 5.32 Å². The number of carbonyl (C=O) groups excluding carboxylic acids is 1. The third kappa shape index (κ3) is 5.30. The summed E-state index contributed by atoms with van der Waals surface area (Å²) >= 11 is 17.2. The zero-order valence-electron chi connectivity index (χ0n) is 15.9. The Hall–Kier alpha value is -2.32. The number of hydrogen-bond acceptors (Lipinski definition) is 4. The number of nitrogens with one attached hydrogen (secondary N) is 1. The molecule has 5 nitrogen and oxygen atoms in total. The highest BCUT2D eigenvalue weighted by Crippen LogP contribution is 2.32. The summed E-state index contributed by atoms with van der Waals surface area (Å²) in [7, 11) is 0. The maximum atomic E-state index is 12.5. The lowest BCUT2D eigenvalue weighted by molar-refractivity contribution is -0.113. The molecule has 0 radical (unpaired) electrons. The molecule has 1 aromatic heterocycles. The van der Waals surface area contributed by atoms with Crippen molar-refractivity contribution in [2.75, 3.05) is 11.1 Å². The second-order valence-corrected chi connectivity index (χ2v) is 9.15. The fourth-order valence-electron chi connectivity index (χ4n) is 2.90. The third-order valence-electron chi connectivity index (χ3n) is 4.27. The van der Waals surface area contributed by atoms with Crippen molar-refractivity contribution in [1.29, 1.82) is 0 Å². The molecule has 156 valence electrons. The molecule has 3 aromatic carbocycles. The molecule has 1 amide bonds. The van der Waals surface area contributed by atoms with Crippen molar-refractivity contribution in [3.63, 3.8) is 0 Å². The first-order chi connectivity index (χ1) is 15.0. The average molecular weight is 534 g/mol. The summed E-state index contributed by atoms with van der Waals surface area (Å²) in [6.07, 6.45) is 0. The van der Waals surface area contributed by atoms with Crippen LogP contribution in [0.25, 0.3) is 17.1 Å². The lowest BCUT2D eigenvalue weighted by Crippen LogP contribution is -2.14. The molecule has 0 atom stereocenters. The standard InChI is InChI=1S/C22H15BrCl2N4OS/c23-14-4-3-5-16(12-14)26-20(30)13-31-22-28-27-21(18-6-1-2-7-19(18)25)29(22)17-10-8-15(24)9-11-17/h1-12H,13H2,(H,26,30). The van der Waals surface area contributed by atoms with Gasteiger partial charge in [-0.25, -0.2) is 0 Å². The molecule has 9 heteroatoms. The molecule has 0 unspecified atom stereocenters. The van der Waals surface area contributed by atoms with Crippen LogP contribution in [0.15, 0.2) is 82.4 Å². The van der Waals surface area contributed by atoms with Crippen LogP contribution in [-0.2, 0) is 4.79 Å². The molecule has 0 fully saturated rings. The topological polar surface area (TPSA) is 59.8 Å². The van der Waals surface area contributed by atoms with Crippen LogP contribution in [0.1, 0.15) is 0 Å². The van der Waals surface area contributed by atoms with E-state index >= 15 is 0 Å². The second kappa shape index (κ2) is 9.87. The van der Waals surface area contributed by atoms with Gasteiger partial charge in [0, 0.05) is 26.4 Å². The number of anilines is 1. The molecule has 4 rings (SSSR count). The van der Waals surface area contributed by atoms with Crippen LogP contribution < -0.4 is 5.32 Å². The number of carbonyl (C=O) groups is 1. The minimum absolute atomic E-state index is 0.145. The van der Waals surface area contributed by atoms with E-state index in [1.807, 2.05) is 59.2 Å². The first-order valence-corrected chi connectivity index (χ1v) is 11.7. The molecule has 0 aliphatic rings. The van der Waals surface area contributed by atoms with Gasteiger partial charge in [0.25, 0.3) is 0 Å². The number of rotatable bonds is 6. The monoisotopic (exact) mass is 532 g/mol. The van der Waals surface area contributed by atoms with Gasteiger partial charge in [-0.2, -0.15) is 0 Å². The van der Waals surface area contributed by atoms with Gasteiger partial charge in [-0.1, -0.05) is 69.1 Å². The van der Waals surface area contributed by atoms with Crippen molar-refractivity contribution < 1.29 is 4.79 Å². The number of aromatic nitrogens is 3. The van der Waals surface area contributed by atoms with E-state index < -0.39 is 0 Å². The van der Waals surface area contributed by atoms with Gasteiger partial charge in [0.15, 0.2) is 11.0 Å². The van der Waals surface area contributed by atoms with E-state index in [-0.39, 0.29) is 11.7 Å². The Balaban J connectivity index is 1.62. The summed E-state index contributed by atoms with van der Waals surface area (Å²) in [5.41, 5.74) is 2.28. The van der Waals surface area contributed by atoms with E-state index in [2.05, 4.69) is 31.4 Å². The Morgan fingerprint density at radius 3 is 2.52 bits per heavy atom. The number of hydrogen-bond donors (Lipinski definition) is 1. The van der Waals surface area contributed by atoms with Crippen LogP contribution in [0.5, 0.6) is 0 Å². The molecule has 0 saturated carbocycles. The Labute approximate surface area is 201 Å². The molecular formula is C22H15BrCl2N4OS. The van der Waals surface area contributed by atoms with Crippen molar-refractivity contribution in [2.24, 2.45) is 0 Å². The Morgan fingerprint density at radius 1 is 1.00 bits per heavy atom. The normalized spacial score (nSPS) is 10.8. The van der Waals surface area contributed by atoms with Crippen molar-refractivity contribution >= 4 is 62.5 Å². The molecular weight excluding hydrogens is 519 g/mol. The van der Waals surface area contributed by atoms with Crippen molar-refractivity contribution in [3.8, 4) is 17.1 Å². The molecule has 0 aliphatic carbocycles. The minimum Gasteiger partial charge on any atom is -0.325 e. The first-order valence-electron chi connectivity index (χ1n) is 9.16. The third-order valence-corrected chi connectivity index (χ3v) is 6.28. The largest absolute Gasteiger partial charge is 0.325 e. The van der Waals surface area contributed by atoms with E-state index in [1.54, 1.807) is 18.2 Å². The smallest absolute Gasteiger partial charge is 0.234 e. The first kappa shape index (κ1) is 21.9. The van der Waals surface area contributed by atoms with Crippen molar-refractivity contribution in [1.82, 2.24) is 14.8 Å². The highest BCUT2D eigenvalue weighted by Gasteiger charge is 2.19. The molecule has 31 heavy (non-hydrogen) atoms. The highest BCUT2D eigenvalue weighted by molar-refractivity contribution is 9.10. The number of benzene rings is 3. The summed E-state index contributed by atoms with van der Waals surface area (Å²) in [6, 6.07) is 22.2. The molecule has 4 aromatic rings. The van der Waals surface area contributed by atoms with Gasteiger partial charge in [0.1, 0.15) is 0 Å². The Morgan fingerprint density at radius 2 is 1.77 bits per heavy atom. The SMILES string of the molecule is O=C(CSc1nnc(-c2ccccc2Cl)n1-c1ccc(Cl)cc1)Nc1cccc(Br)c1. The predicted molar refractivity (Wildman–Crippen MR) is 130 cm³/mol. The summed E-state index contributed by atoms with van der Waals surface area (Å²) < 4.78 is 2.76. The van der Waals surface area contributed by atoms with Crippen LogP contribution in [0, 0.1) is 0 Å². The van der Waals surface area contributed by atoms with Crippen molar-refractivity contribution in [3.05, 3.63) is 87.3 Å². The van der Waals surface area contributed by atoms with Gasteiger partial charge in [0.05, 0.1) is 10.8 Å². The maximum absolute atomic E-state index is 12.5. The summed E-state index contributed by atoms with van der Waals surface area (Å²) in [6.45, 7) is 0. The molecule has 1 N–H and O–H groups in total. The lowest BCUT2D eigenvalue weighted by Gasteiger charge is -2.11. The van der Waals surface area contributed by atoms with Gasteiger partial charge in [-0.3, -0.25) is 9.36 Å². The average Bonchev–Trinajstić information content (AvgIpc) is 3.17. The predicted octanol–water partition coefficient (Wildman–Crippen LogP) is 6.73. The second-order valence-electron chi connectivity index (χ2n) is 6.45. The van der Waals surface area contributed by atoms with Gasteiger partial charge in [0.2, 0.25) is 5.91 Å². The van der Waals surface area contributed by atoms with E-state index in [4.69, 9.17) is 23.2 Å². The number of halogens is 3. The molecule has 0 saturated heterocycles. The highest BCUT2D eigenvalue weighted by atomic mass is 79.9. The molecule has 0 aliphatic heterocycles. The van der Waals surface area contributed by atoms with Crippen LogP contribution in [0.2, 0.25) is 10.0 Å². The van der Waals surface area contributed by atoms with Crippen LogP contribution in [-0.4, -0.2) is 26.4 Å². The van der Waals surface area contributed by atoms with Gasteiger partial charge >= 0.3 is 0 Å². The zero-order chi connectivity index (χ0) is 21.8. The van der Waals surface area contributed by atoms with Gasteiger partial charge in [-0.05, 0) is 54.6 Å². The van der Waals surface area contributed by atoms with Crippen LogP contribution in [0.4, 0.5) is 5.69 Å². The number of nitrogens with zero attached hydrogens (tertiary/aromatic N) is 3. The van der Waals surface area contributed by atoms with Gasteiger partial charge in [-0.15, -0.1) is 10.2 Å².